The van der Waals surface area contributed by atoms with Gasteiger partial charge in [0.1, 0.15) is 12.5 Å². The smallest absolute Gasteiger partial charge is 0.261 e. The van der Waals surface area contributed by atoms with Crippen molar-refractivity contribution in [2.75, 3.05) is 9.62 Å². The van der Waals surface area contributed by atoms with E-state index in [9.17, 15) is 8.42 Å². The van der Waals surface area contributed by atoms with E-state index >= 15 is 0 Å². The average molecular weight is 396 g/mol. The summed E-state index contributed by atoms with van der Waals surface area (Å²) in [6.45, 7) is 2.02. The highest BCUT2D eigenvalue weighted by atomic mass is 32.2. The van der Waals surface area contributed by atoms with Crippen LogP contribution in [-0.4, -0.2) is 14.8 Å². The molecule has 3 aromatic rings. The predicted molar refractivity (Wildman–Crippen MR) is 109 cm³/mol. The molecular weight excluding hydrogens is 376 g/mol. The van der Waals surface area contributed by atoms with Crippen molar-refractivity contribution in [1.82, 2.24) is 0 Å². The lowest BCUT2D eigenvalue weighted by Gasteiger charge is -2.29. The van der Waals surface area contributed by atoms with Gasteiger partial charge in [0.2, 0.25) is 5.88 Å². The van der Waals surface area contributed by atoms with E-state index in [0.29, 0.717) is 11.6 Å². The van der Waals surface area contributed by atoms with Crippen LogP contribution < -0.4 is 15.4 Å². The standard InChI is InChI=1S/C20H20N4O3S/c1-2-14-3-9-17(10-4-14)28(25,26)23-15-5-7-16(8-6-15)24-13-22-20-18(19(24)21)11-12-27-20/h3-13,19,23H,2,21H2,1H3. The maximum Gasteiger partial charge on any atom is 0.261 e. The van der Waals surface area contributed by atoms with Crippen molar-refractivity contribution in [3.8, 4) is 0 Å². The van der Waals surface area contributed by atoms with Crippen LogP contribution in [0.5, 0.6) is 0 Å². The minimum atomic E-state index is -3.65. The molecule has 0 spiro atoms. The Balaban J connectivity index is 1.52. The zero-order valence-electron chi connectivity index (χ0n) is 15.2. The van der Waals surface area contributed by atoms with Crippen molar-refractivity contribution in [1.29, 1.82) is 0 Å². The van der Waals surface area contributed by atoms with Crippen molar-refractivity contribution in [3.63, 3.8) is 0 Å². The summed E-state index contributed by atoms with van der Waals surface area (Å²) in [6, 6.07) is 15.6. The Morgan fingerprint density at radius 1 is 1.11 bits per heavy atom. The number of nitrogens with two attached hydrogens (primary N) is 1. The number of hydrogen-bond acceptors (Lipinski definition) is 6. The largest absolute Gasteiger partial charge is 0.446 e. The average Bonchev–Trinajstić information content (AvgIpc) is 3.19. The van der Waals surface area contributed by atoms with Gasteiger partial charge in [-0.15, -0.1) is 0 Å². The van der Waals surface area contributed by atoms with E-state index in [1.807, 2.05) is 19.1 Å². The molecule has 0 amide bonds. The number of aliphatic imine (C=N–C) groups is 1. The van der Waals surface area contributed by atoms with Gasteiger partial charge in [-0.25, -0.2) is 13.4 Å². The van der Waals surface area contributed by atoms with Crippen LogP contribution in [0.25, 0.3) is 0 Å². The van der Waals surface area contributed by atoms with Gasteiger partial charge >= 0.3 is 0 Å². The molecule has 0 aliphatic carbocycles. The van der Waals surface area contributed by atoms with E-state index in [2.05, 4.69) is 9.71 Å². The Kier molecular flexibility index (Phi) is 4.66. The third-order valence-corrected chi connectivity index (χ3v) is 6.05. The molecular formula is C20H20N4O3S. The van der Waals surface area contributed by atoms with E-state index < -0.39 is 16.2 Å². The number of benzene rings is 2. The number of nitrogens with zero attached hydrogens (tertiary/aromatic N) is 2. The Hall–Kier alpha value is -3.10. The number of anilines is 2. The first-order valence-corrected chi connectivity index (χ1v) is 10.3. The molecule has 1 aromatic heterocycles. The fourth-order valence-corrected chi connectivity index (χ4v) is 4.08. The molecule has 8 heteroatoms. The van der Waals surface area contributed by atoms with Crippen molar-refractivity contribution < 1.29 is 12.8 Å². The summed E-state index contributed by atoms with van der Waals surface area (Å²) in [7, 11) is -3.65. The summed E-state index contributed by atoms with van der Waals surface area (Å²) in [5.41, 5.74) is 9.41. The van der Waals surface area contributed by atoms with E-state index in [1.165, 1.54) is 0 Å². The number of aryl methyl sites for hydroxylation is 1. The maximum absolute atomic E-state index is 12.6. The second-order valence-corrected chi connectivity index (χ2v) is 8.11. The van der Waals surface area contributed by atoms with Crippen molar-refractivity contribution >= 4 is 33.6 Å². The molecule has 2 aromatic carbocycles. The first-order chi connectivity index (χ1) is 13.5. The lowest BCUT2D eigenvalue weighted by atomic mass is 10.2. The third kappa shape index (κ3) is 3.39. The summed E-state index contributed by atoms with van der Waals surface area (Å²) in [4.78, 5) is 6.26. The molecule has 1 aliphatic rings. The first-order valence-electron chi connectivity index (χ1n) is 8.85. The molecule has 7 nitrogen and oxygen atoms in total. The zero-order valence-corrected chi connectivity index (χ0v) is 16.1. The molecule has 144 valence electrons. The normalized spacial score (nSPS) is 16.1. The topological polar surface area (TPSA) is 101 Å². The highest BCUT2D eigenvalue weighted by Gasteiger charge is 2.24. The fourth-order valence-electron chi connectivity index (χ4n) is 3.02. The minimum absolute atomic E-state index is 0.228. The molecule has 0 bridgehead atoms. The summed E-state index contributed by atoms with van der Waals surface area (Å²) >= 11 is 0. The molecule has 0 fully saturated rings. The van der Waals surface area contributed by atoms with Gasteiger partial charge in [0.15, 0.2) is 0 Å². The van der Waals surface area contributed by atoms with Gasteiger partial charge in [0, 0.05) is 11.4 Å². The number of furan rings is 1. The van der Waals surface area contributed by atoms with Crippen molar-refractivity contribution in [2.24, 2.45) is 10.7 Å². The molecule has 0 radical (unpaired) electrons. The highest BCUT2D eigenvalue weighted by molar-refractivity contribution is 7.92. The summed E-state index contributed by atoms with van der Waals surface area (Å²) in [6.07, 6.45) is 3.59. The Bertz CT molecular complexity index is 1100. The monoisotopic (exact) mass is 396 g/mol. The minimum Gasteiger partial charge on any atom is -0.446 e. The lowest BCUT2D eigenvalue weighted by molar-refractivity contribution is 0.567. The quantitative estimate of drug-likeness (QED) is 0.683. The van der Waals surface area contributed by atoms with Crippen molar-refractivity contribution in [3.05, 3.63) is 72.0 Å². The first kappa shape index (κ1) is 18.3. The summed E-state index contributed by atoms with van der Waals surface area (Å²) in [5.74, 6) is 0.502. The predicted octanol–water partition coefficient (Wildman–Crippen LogP) is 3.78. The number of fused-ring (bicyclic) bond motifs is 1. The number of rotatable bonds is 5. The van der Waals surface area contributed by atoms with Gasteiger partial charge in [0.05, 0.1) is 16.7 Å². The Labute approximate surface area is 163 Å². The molecule has 3 N–H and O–H groups in total. The van der Waals surface area contributed by atoms with Crippen LogP contribution in [0.2, 0.25) is 0 Å². The van der Waals surface area contributed by atoms with Crippen LogP contribution in [0.4, 0.5) is 17.3 Å². The van der Waals surface area contributed by atoms with Crippen molar-refractivity contribution in [2.45, 2.75) is 24.4 Å². The van der Waals surface area contributed by atoms with E-state index in [1.54, 1.807) is 60.0 Å². The molecule has 2 heterocycles. The van der Waals surface area contributed by atoms with Crippen LogP contribution in [0, 0.1) is 0 Å². The van der Waals surface area contributed by atoms with Crippen LogP contribution in [0.3, 0.4) is 0 Å². The Morgan fingerprint density at radius 2 is 1.82 bits per heavy atom. The maximum atomic E-state index is 12.6. The third-order valence-electron chi connectivity index (χ3n) is 4.65. The molecule has 0 saturated carbocycles. The molecule has 1 atom stereocenters. The van der Waals surface area contributed by atoms with Gasteiger partial charge < -0.3 is 15.1 Å². The number of nitrogens with one attached hydrogen (secondary N) is 1. The van der Waals surface area contributed by atoms with Gasteiger partial charge in [-0.1, -0.05) is 19.1 Å². The van der Waals surface area contributed by atoms with Gasteiger partial charge in [-0.05, 0) is 54.4 Å². The van der Waals surface area contributed by atoms with E-state index in [0.717, 1.165) is 23.2 Å². The number of hydrogen-bond donors (Lipinski definition) is 2. The Morgan fingerprint density at radius 3 is 2.50 bits per heavy atom. The van der Waals surface area contributed by atoms with E-state index in [4.69, 9.17) is 10.2 Å². The second kappa shape index (κ2) is 7.14. The zero-order chi connectivity index (χ0) is 19.7. The molecule has 0 saturated heterocycles. The van der Waals surface area contributed by atoms with Crippen LogP contribution in [0.15, 0.2) is 75.2 Å². The summed E-state index contributed by atoms with van der Waals surface area (Å²) in [5, 5.41) is 0. The van der Waals surface area contributed by atoms with Crippen LogP contribution >= 0.6 is 0 Å². The molecule has 4 rings (SSSR count). The number of sulfonamides is 1. The van der Waals surface area contributed by atoms with Gasteiger partial charge in [0.25, 0.3) is 10.0 Å². The SMILES string of the molecule is CCc1ccc(S(=O)(=O)Nc2ccc(N3C=Nc4occc4C3N)cc2)cc1. The fraction of sp³-hybridized carbons (Fsp3) is 0.150. The van der Waals surface area contributed by atoms with E-state index in [-0.39, 0.29) is 4.90 Å². The molecule has 1 unspecified atom stereocenters. The second-order valence-electron chi connectivity index (χ2n) is 6.43. The molecule has 28 heavy (non-hydrogen) atoms. The molecule has 1 aliphatic heterocycles. The highest BCUT2D eigenvalue weighted by Crippen LogP contribution is 2.34. The van der Waals surface area contributed by atoms with Crippen LogP contribution in [0.1, 0.15) is 24.2 Å². The van der Waals surface area contributed by atoms with Crippen LogP contribution in [-0.2, 0) is 16.4 Å². The summed E-state index contributed by atoms with van der Waals surface area (Å²) < 4.78 is 33.0. The van der Waals surface area contributed by atoms with Gasteiger partial charge in [-0.3, -0.25) is 4.72 Å². The lowest BCUT2D eigenvalue weighted by Crippen LogP contribution is -2.35. The van der Waals surface area contributed by atoms with Gasteiger partial charge in [-0.2, -0.15) is 0 Å².